The first kappa shape index (κ1) is 21.9. The first-order chi connectivity index (χ1) is 19.4. The normalized spacial score (nSPS) is 11.6. The van der Waals surface area contributed by atoms with E-state index in [0.717, 1.165) is 27.5 Å². The molecule has 7 aromatic carbocycles. The molecular weight excluding hydrogens is 472 g/mol. The summed E-state index contributed by atoms with van der Waals surface area (Å²) >= 11 is 0. The van der Waals surface area contributed by atoms with Crippen molar-refractivity contribution >= 4 is 43.5 Å². The second kappa shape index (κ2) is 8.72. The van der Waals surface area contributed by atoms with Crippen molar-refractivity contribution in [3.8, 4) is 33.4 Å². The van der Waals surface area contributed by atoms with E-state index in [1.165, 1.54) is 49.4 Å². The Morgan fingerprint density at radius 1 is 0.333 bits per heavy atom. The van der Waals surface area contributed by atoms with Crippen LogP contribution < -0.4 is 0 Å². The van der Waals surface area contributed by atoms with Crippen molar-refractivity contribution in [1.29, 1.82) is 0 Å². The zero-order chi connectivity index (χ0) is 25.8. The molecule has 1 nitrogen and oxygen atoms in total. The van der Waals surface area contributed by atoms with Crippen molar-refractivity contribution < 1.29 is 4.42 Å². The number of rotatable bonds is 3. The molecule has 0 fully saturated rings. The third kappa shape index (κ3) is 3.34. The van der Waals surface area contributed by atoms with Gasteiger partial charge in [-0.15, -0.1) is 0 Å². The van der Waals surface area contributed by atoms with Crippen LogP contribution in [0.4, 0.5) is 0 Å². The van der Waals surface area contributed by atoms with E-state index in [1.807, 2.05) is 0 Å². The topological polar surface area (TPSA) is 13.1 Å². The van der Waals surface area contributed by atoms with E-state index in [4.69, 9.17) is 4.42 Å². The molecule has 0 saturated carbocycles. The fourth-order valence-electron chi connectivity index (χ4n) is 6.24. The van der Waals surface area contributed by atoms with Crippen molar-refractivity contribution in [3.63, 3.8) is 0 Å². The molecule has 1 aromatic heterocycles. The second-order valence-corrected chi connectivity index (χ2v) is 10.0. The third-order valence-corrected chi connectivity index (χ3v) is 7.87. The maximum absolute atomic E-state index is 6.71. The van der Waals surface area contributed by atoms with Crippen LogP contribution in [0.5, 0.6) is 0 Å². The SMILES string of the molecule is c1ccc(-c2c3ccccc3c(-c3cccc4c3oc3cccc(-c5ccccc5)c34)c3ccccc23)cc1. The monoisotopic (exact) mass is 496 g/mol. The standard InChI is InChI=1S/C38H24O/c1-3-13-25(14-4-1)27-21-12-24-34-37(27)33-23-11-22-32(38(33)39-34)36-30-19-9-7-17-28(30)35(26-15-5-2-6-16-26)29-18-8-10-20-31(29)36/h1-24H. The quantitative estimate of drug-likeness (QED) is 0.222. The summed E-state index contributed by atoms with van der Waals surface area (Å²) in [5, 5.41) is 7.25. The molecule has 8 aromatic rings. The Labute approximate surface area is 226 Å². The molecule has 0 spiro atoms. The lowest BCUT2D eigenvalue weighted by Gasteiger charge is -2.17. The molecule has 0 N–H and O–H groups in total. The highest BCUT2D eigenvalue weighted by Gasteiger charge is 2.21. The molecular formula is C38H24O. The van der Waals surface area contributed by atoms with Gasteiger partial charge < -0.3 is 4.42 Å². The summed E-state index contributed by atoms with van der Waals surface area (Å²) in [6.07, 6.45) is 0. The highest BCUT2D eigenvalue weighted by molar-refractivity contribution is 6.25. The molecule has 0 aliphatic heterocycles. The van der Waals surface area contributed by atoms with Gasteiger partial charge in [0.1, 0.15) is 11.2 Å². The van der Waals surface area contributed by atoms with Crippen LogP contribution in [0, 0.1) is 0 Å². The summed E-state index contributed by atoms with van der Waals surface area (Å²) in [5.74, 6) is 0. The van der Waals surface area contributed by atoms with Gasteiger partial charge in [-0.05, 0) is 49.9 Å². The van der Waals surface area contributed by atoms with E-state index in [-0.39, 0.29) is 0 Å². The minimum atomic E-state index is 0.910. The van der Waals surface area contributed by atoms with Crippen LogP contribution >= 0.6 is 0 Å². The van der Waals surface area contributed by atoms with Gasteiger partial charge >= 0.3 is 0 Å². The van der Waals surface area contributed by atoms with Gasteiger partial charge in [0.05, 0.1) is 0 Å². The van der Waals surface area contributed by atoms with Crippen LogP contribution in [0.15, 0.2) is 150 Å². The largest absolute Gasteiger partial charge is 0.455 e. The van der Waals surface area contributed by atoms with Crippen LogP contribution in [0.1, 0.15) is 0 Å². The Balaban J connectivity index is 1.51. The maximum Gasteiger partial charge on any atom is 0.143 e. The van der Waals surface area contributed by atoms with Gasteiger partial charge in [0.15, 0.2) is 0 Å². The van der Waals surface area contributed by atoms with Crippen LogP contribution in [-0.4, -0.2) is 0 Å². The molecule has 0 radical (unpaired) electrons. The average Bonchev–Trinajstić information content (AvgIpc) is 3.40. The molecule has 0 saturated heterocycles. The van der Waals surface area contributed by atoms with Crippen molar-refractivity contribution in [1.82, 2.24) is 0 Å². The van der Waals surface area contributed by atoms with E-state index in [2.05, 4.69) is 146 Å². The Kier molecular flexibility index (Phi) is 4.89. The molecule has 1 heterocycles. The Hall–Kier alpha value is -5.14. The molecule has 0 unspecified atom stereocenters. The predicted molar refractivity (Wildman–Crippen MR) is 165 cm³/mol. The van der Waals surface area contributed by atoms with Gasteiger partial charge in [-0.2, -0.15) is 0 Å². The molecule has 8 rings (SSSR count). The van der Waals surface area contributed by atoms with E-state index in [1.54, 1.807) is 0 Å². The van der Waals surface area contributed by atoms with E-state index < -0.39 is 0 Å². The molecule has 39 heavy (non-hydrogen) atoms. The molecule has 0 atom stereocenters. The maximum atomic E-state index is 6.71. The molecule has 182 valence electrons. The zero-order valence-corrected chi connectivity index (χ0v) is 21.3. The minimum Gasteiger partial charge on any atom is -0.455 e. The summed E-state index contributed by atoms with van der Waals surface area (Å²) in [7, 11) is 0. The summed E-state index contributed by atoms with van der Waals surface area (Å²) < 4.78 is 6.71. The van der Waals surface area contributed by atoms with Crippen molar-refractivity contribution in [3.05, 3.63) is 146 Å². The Morgan fingerprint density at radius 3 is 1.46 bits per heavy atom. The van der Waals surface area contributed by atoms with Crippen molar-refractivity contribution in [2.75, 3.05) is 0 Å². The fourth-order valence-corrected chi connectivity index (χ4v) is 6.24. The van der Waals surface area contributed by atoms with Gasteiger partial charge in [-0.1, -0.05) is 140 Å². The number of benzene rings is 7. The minimum absolute atomic E-state index is 0.910. The smallest absolute Gasteiger partial charge is 0.143 e. The molecule has 0 aliphatic rings. The number of furan rings is 1. The van der Waals surface area contributed by atoms with Crippen LogP contribution in [-0.2, 0) is 0 Å². The second-order valence-electron chi connectivity index (χ2n) is 10.0. The van der Waals surface area contributed by atoms with Gasteiger partial charge in [-0.3, -0.25) is 0 Å². The molecule has 1 heteroatoms. The van der Waals surface area contributed by atoms with Crippen LogP contribution in [0.3, 0.4) is 0 Å². The summed E-state index contributed by atoms with van der Waals surface area (Å²) in [6, 6.07) is 51.8. The van der Waals surface area contributed by atoms with Gasteiger partial charge in [-0.25, -0.2) is 0 Å². The lowest BCUT2D eigenvalue weighted by Crippen LogP contribution is -1.91. The van der Waals surface area contributed by atoms with Gasteiger partial charge in [0.25, 0.3) is 0 Å². The van der Waals surface area contributed by atoms with Crippen LogP contribution in [0.2, 0.25) is 0 Å². The predicted octanol–water partition coefficient (Wildman–Crippen LogP) is 10.9. The van der Waals surface area contributed by atoms with Crippen LogP contribution in [0.25, 0.3) is 76.9 Å². The number of para-hydroxylation sites is 1. The average molecular weight is 497 g/mol. The van der Waals surface area contributed by atoms with E-state index in [9.17, 15) is 0 Å². The highest BCUT2D eigenvalue weighted by atomic mass is 16.3. The lowest BCUT2D eigenvalue weighted by molar-refractivity contribution is 0.670. The fraction of sp³-hybridized carbons (Fsp3) is 0. The van der Waals surface area contributed by atoms with Crippen molar-refractivity contribution in [2.45, 2.75) is 0 Å². The summed E-state index contributed by atoms with van der Waals surface area (Å²) in [4.78, 5) is 0. The molecule has 0 bridgehead atoms. The summed E-state index contributed by atoms with van der Waals surface area (Å²) in [5.41, 5.74) is 9.06. The first-order valence-electron chi connectivity index (χ1n) is 13.4. The van der Waals surface area contributed by atoms with Crippen molar-refractivity contribution in [2.24, 2.45) is 0 Å². The molecule has 0 aliphatic carbocycles. The number of hydrogen-bond acceptors (Lipinski definition) is 1. The van der Waals surface area contributed by atoms with Gasteiger partial charge in [0.2, 0.25) is 0 Å². The Morgan fingerprint density at radius 2 is 0.821 bits per heavy atom. The van der Waals surface area contributed by atoms with E-state index in [0.29, 0.717) is 0 Å². The third-order valence-electron chi connectivity index (χ3n) is 7.87. The van der Waals surface area contributed by atoms with Gasteiger partial charge in [0, 0.05) is 21.9 Å². The summed E-state index contributed by atoms with van der Waals surface area (Å²) in [6.45, 7) is 0. The highest BCUT2D eigenvalue weighted by Crippen LogP contribution is 2.47. The Bertz CT molecular complexity index is 2090. The first-order valence-corrected chi connectivity index (χ1v) is 13.4. The zero-order valence-electron chi connectivity index (χ0n) is 21.3. The number of fused-ring (bicyclic) bond motifs is 5. The molecule has 0 amide bonds. The van der Waals surface area contributed by atoms with E-state index >= 15 is 0 Å². The lowest BCUT2D eigenvalue weighted by atomic mass is 9.85. The number of hydrogen-bond donors (Lipinski definition) is 0.